The molecule has 4 bridgehead atoms. The number of allylic oxidation sites excluding steroid dienone is 2. The maximum atomic E-state index is 13.5. The second kappa shape index (κ2) is 5.35. The number of carbonyl (C=O) groups excluding carboxylic acids is 2. The topological polar surface area (TPSA) is 93.1 Å². The number of ketones is 2. The molecule has 6 nitrogen and oxygen atoms in total. The first-order chi connectivity index (χ1) is 13.4. The van der Waals surface area contributed by atoms with Gasteiger partial charge in [-0.2, -0.15) is 0 Å². The largest absolute Gasteiger partial charge is 0.507 e. The number of ether oxygens (including phenoxy) is 2. The van der Waals surface area contributed by atoms with Gasteiger partial charge in [0.2, 0.25) is 0 Å². The molecule has 1 aromatic carbocycles. The fourth-order valence-corrected chi connectivity index (χ4v) is 5.51. The van der Waals surface area contributed by atoms with Crippen molar-refractivity contribution in [1.82, 2.24) is 0 Å². The van der Waals surface area contributed by atoms with E-state index in [2.05, 4.69) is 13.2 Å². The third kappa shape index (κ3) is 1.68. The average Bonchev–Trinajstić information content (AvgIpc) is 2.91. The highest BCUT2D eigenvalue weighted by Crippen LogP contribution is 2.63. The molecule has 4 unspecified atom stereocenters. The van der Waals surface area contributed by atoms with Crippen molar-refractivity contribution in [2.75, 3.05) is 6.61 Å². The standard InChI is InChI=1S/C22H20O6/c1-3-5-13-15(23)9-16-17(18(13)24)19(25)14-8-11-7-12-10-27-21(6-4-2,20(11)26)22(12,14)28-16/h3-4,8-9,11-12,23-24H,1-2,5-7,10H2. The molecule has 1 saturated heterocycles. The van der Waals surface area contributed by atoms with E-state index >= 15 is 0 Å². The zero-order chi connectivity index (χ0) is 19.8. The summed E-state index contributed by atoms with van der Waals surface area (Å²) < 4.78 is 12.4. The van der Waals surface area contributed by atoms with Gasteiger partial charge in [0.15, 0.2) is 22.8 Å². The maximum Gasteiger partial charge on any atom is 0.200 e. The van der Waals surface area contributed by atoms with Crippen LogP contribution in [-0.4, -0.2) is 39.6 Å². The molecule has 1 saturated carbocycles. The summed E-state index contributed by atoms with van der Waals surface area (Å²) in [5.74, 6) is -1.48. The number of fused-ring (bicyclic) bond motifs is 1. The first-order valence-electron chi connectivity index (χ1n) is 9.35. The van der Waals surface area contributed by atoms with Crippen molar-refractivity contribution in [3.05, 3.63) is 54.2 Å². The molecule has 3 aliphatic carbocycles. The molecule has 0 aromatic heterocycles. The molecule has 1 aromatic rings. The third-order valence-corrected chi connectivity index (χ3v) is 6.62. The average molecular weight is 380 g/mol. The minimum Gasteiger partial charge on any atom is -0.507 e. The van der Waals surface area contributed by atoms with Gasteiger partial charge in [-0.25, -0.2) is 0 Å². The normalized spacial score (nSPS) is 34.4. The van der Waals surface area contributed by atoms with E-state index in [4.69, 9.17) is 9.47 Å². The summed E-state index contributed by atoms with van der Waals surface area (Å²) in [6.07, 6.45) is 5.81. The van der Waals surface area contributed by atoms with E-state index in [0.29, 0.717) is 18.6 Å². The smallest absolute Gasteiger partial charge is 0.200 e. The molecule has 4 atom stereocenters. The Morgan fingerprint density at radius 2 is 2.04 bits per heavy atom. The lowest BCUT2D eigenvalue weighted by atomic mass is 9.53. The number of aromatic hydroxyl groups is 2. The minimum atomic E-state index is -1.30. The second-order valence-corrected chi connectivity index (χ2v) is 7.87. The van der Waals surface area contributed by atoms with E-state index in [0.717, 1.165) is 0 Å². The molecule has 28 heavy (non-hydrogen) atoms. The Bertz CT molecular complexity index is 1000. The van der Waals surface area contributed by atoms with Crippen molar-refractivity contribution in [3.63, 3.8) is 0 Å². The number of Topliss-reactive ketones (excluding diaryl/α,β-unsaturated/α-hetero) is 2. The van der Waals surface area contributed by atoms with Crippen LogP contribution in [0.3, 0.4) is 0 Å². The van der Waals surface area contributed by atoms with Gasteiger partial charge in [-0.1, -0.05) is 18.2 Å². The molecule has 1 spiro atoms. The summed E-state index contributed by atoms with van der Waals surface area (Å²) in [5, 5.41) is 21.1. The molecular formula is C22H20O6. The highest BCUT2D eigenvalue weighted by molar-refractivity contribution is 6.18. The second-order valence-electron chi connectivity index (χ2n) is 7.87. The Balaban J connectivity index is 1.78. The lowest BCUT2D eigenvalue weighted by Crippen LogP contribution is -2.71. The Morgan fingerprint density at radius 1 is 1.25 bits per heavy atom. The number of phenols is 2. The Labute approximate surface area is 161 Å². The monoisotopic (exact) mass is 380 g/mol. The van der Waals surface area contributed by atoms with E-state index in [1.165, 1.54) is 12.1 Å². The van der Waals surface area contributed by atoms with Crippen molar-refractivity contribution in [2.24, 2.45) is 11.8 Å². The number of carbonyl (C=O) groups is 2. The van der Waals surface area contributed by atoms with Crippen molar-refractivity contribution in [2.45, 2.75) is 30.5 Å². The van der Waals surface area contributed by atoms with Gasteiger partial charge in [0.05, 0.1) is 6.61 Å². The molecule has 2 N–H and O–H groups in total. The van der Waals surface area contributed by atoms with Crippen LogP contribution < -0.4 is 4.74 Å². The van der Waals surface area contributed by atoms with Crippen LogP contribution in [0, 0.1) is 11.8 Å². The van der Waals surface area contributed by atoms with E-state index in [1.807, 2.05) is 0 Å². The number of hydrogen-bond donors (Lipinski definition) is 2. The fraction of sp³-hybridized carbons (Fsp3) is 0.364. The van der Waals surface area contributed by atoms with Crippen LogP contribution in [0.25, 0.3) is 0 Å². The first kappa shape index (κ1) is 17.3. The molecule has 6 rings (SSSR count). The van der Waals surface area contributed by atoms with E-state index in [-0.39, 0.29) is 58.7 Å². The molecule has 0 radical (unpaired) electrons. The lowest BCUT2D eigenvalue weighted by molar-refractivity contribution is -0.165. The summed E-state index contributed by atoms with van der Waals surface area (Å²) in [6, 6.07) is 1.34. The number of phenolic OH excluding ortho intramolecular Hbond substituents is 2. The van der Waals surface area contributed by atoms with Crippen molar-refractivity contribution >= 4 is 11.6 Å². The van der Waals surface area contributed by atoms with Crippen LogP contribution in [0.2, 0.25) is 0 Å². The van der Waals surface area contributed by atoms with Gasteiger partial charge < -0.3 is 19.7 Å². The molecule has 5 aliphatic rings. The van der Waals surface area contributed by atoms with Crippen LogP contribution in [0.1, 0.15) is 28.8 Å². The van der Waals surface area contributed by atoms with Gasteiger partial charge in [-0.15, -0.1) is 13.2 Å². The van der Waals surface area contributed by atoms with E-state index in [9.17, 15) is 19.8 Å². The number of benzene rings is 1. The van der Waals surface area contributed by atoms with Crippen molar-refractivity contribution < 1.29 is 29.3 Å². The molecule has 6 heteroatoms. The van der Waals surface area contributed by atoms with Gasteiger partial charge >= 0.3 is 0 Å². The molecule has 0 amide bonds. The minimum absolute atomic E-state index is 0.0136. The SMILES string of the molecule is C=CCc1c(O)cc2c(c1O)C(=O)C1=CC3CC4COC(CC=C)(C3=O)C14O2. The highest BCUT2D eigenvalue weighted by atomic mass is 16.6. The zero-order valence-electron chi connectivity index (χ0n) is 15.2. The van der Waals surface area contributed by atoms with E-state index in [1.54, 1.807) is 12.2 Å². The summed E-state index contributed by atoms with van der Waals surface area (Å²) >= 11 is 0. The molecular weight excluding hydrogens is 360 g/mol. The maximum absolute atomic E-state index is 13.5. The summed E-state index contributed by atoms with van der Waals surface area (Å²) in [5.41, 5.74) is -1.95. The Hall–Kier alpha value is -2.86. The van der Waals surface area contributed by atoms with Gasteiger partial charge in [0, 0.05) is 35.5 Å². The zero-order valence-corrected chi connectivity index (χ0v) is 15.2. The quantitative estimate of drug-likeness (QED) is 0.780. The van der Waals surface area contributed by atoms with E-state index < -0.39 is 17.1 Å². The highest BCUT2D eigenvalue weighted by Gasteiger charge is 2.76. The molecule has 2 fully saturated rings. The lowest BCUT2D eigenvalue weighted by Gasteiger charge is -2.55. The third-order valence-electron chi connectivity index (χ3n) is 6.62. The van der Waals surface area contributed by atoms with Gasteiger partial charge in [-0.05, 0) is 12.8 Å². The van der Waals surface area contributed by atoms with Crippen LogP contribution in [0.15, 0.2) is 43.0 Å². The molecule has 2 heterocycles. The van der Waals surface area contributed by atoms with Crippen LogP contribution in [0.4, 0.5) is 0 Å². The van der Waals surface area contributed by atoms with Gasteiger partial charge in [-0.3, -0.25) is 9.59 Å². The van der Waals surface area contributed by atoms with Crippen LogP contribution >= 0.6 is 0 Å². The first-order valence-corrected chi connectivity index (χ1v) is 9.35. The molecule has 144 valence electrons. The fourth-order valence-electron chi connectivity index (χ4n) is 5.51. The summed E-state index contributed by atoms with van der Waals surface area (Å²) in [4.78, 5) is 26.7. The number of hydrogen-bond acceptors (Lipinski definition) is 6. The molecule has 2 aliphatic heterocycles. The van der Waals surface area contributed by atoms with Crippen LogP contribution in [0.5, 0.6) is 17.2 Å². The number of rotatable bonds is 4. The summed E-state index contributed by atoms with van der Waals surface area (Å²) in [6.45, 7) is 7.69. The van der Waals surface area contributed by atoms with Crippen LogP contribution in [-0.2, 0) is 16.0 Å². The van der Waals surface area contributed by atoms with Crippen molar-refractivity contribution in [3.8, 4) is 17.2 Å². The Kier molecular flexibility index (Phi) is 3.30. The predicted molar refractivity (Wildman–Crippen MR) is 99.5 cm³/mol. The van der Waals surface area contributed by atoms with Gasteiger partial charge in [0.1, 0.15) is 22.8 Å². The van der Waals surface area contributed by atoms with Crippen molar-refractivity contribution in [1.29, 1.82) is 0 Å². The Morgan fingerprint density at radius 3 is 2.75 bits per heavy atom. The summed E-state index contributed by atoms with van der Waals surface area (Å²) in [7, 11) is 0. The predicted octanol–water partition coefficient (Wildman–Crippen LogP) is 2.63. The van der Waals surface area contributed by atoms with Gasteiger partial charge in [0.25, 0.3) is 0 Å².